The second-order valence-electron chi connectivity index (χ2n) is 8.07. The number of benzene rings is 2. The van der Waals surface area contributed by atoms with Crippen LogP contribution in [0.2, 0.25) is 0 Å². The first-order valence-electron chi connectivity index (χ1n) is 10.8. The van der Waals surface area contributed by atoms with Crippen molar-refractivity contribution >= 4 is 28.5 Å². The molecule has 0 radical (unpaired) electrons. The maximum Gasteiger partial charge on any atom is 0.573 e. The minimum absolute atomic E-state index is 0.176. The number of anilines is 1. The van der Waals surface area contributed by atoms with E-state index >= 15 is 0 Å². The van der Waals surface area contributed by atoms with E-state index < -0.39 is 12.3 Å². The first kappa shape index (κ1) is 24.5. The number of ether oxygens (including phenoxy) is 2. The molecule has 2 heterocycles. The van der Waals surface area contributed by atoms with Crippen LogP contribution >= 0.6 is 0 Å². The van der Waals surface area contributed by atoms with Crippen molar-refractivity contribution in [2.24, 2.45) is 0 Å². The van der Waals surface area contributed by atoms with E-state index in [-0.39, 0.29) is 18.2 Å². The Labute approximate surface area is 199 Å². The van der Waals surface area contributed by atoms with Crippen molar-refractivity contribution in [3.05, 3.63) is 54.2 Å². The highest BCUT2D eigenvalue weighted by atomic mass is 19.4. The number of amides is 1. The van der Waals surface area contributed by atoms with Gasteiger partial charge in [-0.1, -0.05) is 0 Å². The van der Waals surface area contributed by atoms with Gasteiger partial charge in [0.2, 0.25) is 5.91 Å². The van der Waals surface area contributed by atoms with Gasteiger partial charge in [0, 0.05) is 37.3 Å². The van der Waals surface area contributed by atoms with Crippen LogP contribution in [0.5, 0.6) is 5.75 Å². The van der Waals surface area contributed by atoms with Gasteiger partial charge >= 0.3 is 12.3 Å². The molecule has 0 atom stereocenters. The second kappa shape index (κ2) is 10.3. The van der Waals surface area contributed by atoms with Gasteiger partial charge in [0.25, 0.3) is 0 Å². The summed E-state index contributed by atoms with van der Waals surface area (Å²) in [6.45, 7) is 3.58. The van der Waals surface area contributed by atoms with Gasteiger partial charge in [0.15, 0.2) is 0 Å². The molecule has 1 fully saturated rings. The van der Waals surface area contributed by atoms with Gasteiger partial charge in [-0.15, -0.1) is 13.2 Å². The number of aromatic nitrogens is 2. The third-order valence-corrected chi connectivity index (χ3v) is 5.60. The Bertz CT molecular complexity index is 1190. The van der Waals surface area contributed by atoms with Crippen molar-refractivity contribution in [3.8, 4) is 5.75 Å². The van der Waals surface area contributed by atoms with E-state index in [2.05, 4.69) is 20.1 Å². The molecule has 0 spiro atoms. The van der Waals surface area contributed by atoms with Crippen molar-refractivity contribution in [3.63, 3.8) is 0 Å². The van der Waals surface area contributed by atoms with Gasteiger partial charge in [0.05, 0.1) is 37.6 Å². The van der Waals surface area contributed by atoms with Crippen molar-refractivity contribution < 1.29 is 32.2 Å². The SMILES string of the molecule is COC(=O)c1ccc2c(cnn2CN2CCN(CC(=O)Nc3ccc(OC(F)(F)F)cc3)CC2)c1. The number of piperazine rings is 1. The summed E-state index contributed by atoms with van der Waals surface area (Å²) >= 11 is 0. The predicted octanol–water partition coefficient (Wildman–Crippen LogP) is 2.94. The first-order chi connectivity index (χ1) is 16.7. The average molecular weight is 491 g/mol. The van der Waals surface area contributed by atoms with E-state index in [1.54, 1.807) is 18.3 Å². The molecule has 1 amide bonds. The number of alkyl halides is 3. The molecule has 12 heteroatoms. The zero-order valence-corrected chi connectivity index (χ0v) is 18.9. The summed E-state index contributed by atoms with van der Waals surface area (Å²) in [6, 6.07) is 10.3. The molecule has 0 unspecified atom stereocenters. The number of nitrogens with zero attached hydrogens (tertiary/aromatic N) is 4. The average Bonchev–Trinajstić information content (AvgIpc) is 3.22. The van der Waals surface area contributed by atoms with Gasteiger partial charge in [-0.3, -0.25) is 19.3 Å². The Morgan fingerprint density at radius 2 is 1.71 bits per heavy atom. The molecule has 0 bridgehead atoms. The lowest BCUT2D eigenvalue weighted by atomic mass is 10.1. The van der Waals surface area contributed by atoms with Crippen LogP contribution in [0.3, 0.4) is 0 Å². The van der Waals surface area contributed by atoms with Crippen LogP contribution in [-0.2, 0) is 16.2 Å². The molecule has 0 saturated carbocycles. The minimum Gasteiger partial charge on any atom is -0.465 e. The van der Waals surface area contributed by atoms with Gasteiger partial charge in [-0.05, 0) is 42.5 Å². The molecule has 1 aliphatic rings. The zero-order chi connectivity index (χ0) is 25.0. The number of carbonyl (C=O) groups excluding carboxylic acids is 2. The molecule has 4 rings (SSSR count). The number of fused-ring (bicyclic) bond motifs is 1. The first-order valence-corrected chi connectivity index (χ1v) is 10.8. The highest BCUT2D eigenvalue weighted by molar-refractivity contribution is 5.94. The second-order valence-corrected chi connectivity index (χ2v) is 8.07. The lowest BCUT2D eigenvalue weighted by molar-refractivity contribution is -0.274. The molecule has 3 aromatic rings. The predicted molar refractivity (Wildman–Crippen MR) is 121 cm³/mol. The van der Waals surface area contributed by atoms with E-state index in [1.807, 2.05) is 15.6 Å². The maximum atomic E-state index is 12.4. The molecule has 2 aromatic carbocycles. The fraction of sp³-hybridized carbons (Fsp3) is 0.348. The van der Waals surface area contributed by atoms with E-state index in [0.717, 1.165) is 36.1 Å². The van der Waals surface area contributed by atoms with Crippen molar-refractivity contribution in [1.82, 2.24) is 19.6 Å². The highest BCUT2D eigenvalue weighted by Crippen LogP contribution is 2.24. The summed E-state index contributed by atoms with van der Waals surface area (Å²) in [7, 11) is 1.34. The largest absolute Gasteiger partial charge is 0.573 e. The molecule has 1 saturated heterocycles. The van der Waals surface area contributed by atoms with Crippen LogP contribution in [0, 0.1) is 0 Å². The number of rotatable bonds is 7. The van der Waals surface area contributed by atoms with Gasteiger partial charge in [-0.25, -0.2) is 4.79 Å². The third kappa shape index (κ3) is 6.49. The van der Waals surface area contributed by atoms with Crippen molar-refractivity contribution in [2.45, 2.75) is 13.0 Å². The van der Waals surface area contributed by atoms with Crippen LogP contribution in [0.25, 0.3) is 10.9 Å². The van der Waals surface area contributed by atoms with E-state index in [1.165, 1.54) is 19.2 Å². The quantitative estimate of drug-likeness (QED) is 0.509. The minimum atomic E-state index is -4.76. The number of carbonyl (C=O) groups is 2. The summed E-state index contributed by atoms with van der Waals surface area (Å²) in [5, 5.41) is 7.96. The Kier molecular flexibility index (Phi) is 7.22. The lowest BCUT2D eigenvalue weighted by Crippen LogP contribution is -2.48. The molecule has 0 aliphatic carbocycles. The normalized spacial score (nSPS) is 15.2. The van der Waals surface area contributed by atoms with E-state index in [9.17, 15) is 22.8 Å². The molecule has 35 heavy (non-hydrogen) atoms. The molecule has 1 N–H and O–H groups in total. The van der Waals surface area contributed by atoms with Crippen LogP contribution in [0.4, 0.5) is 18.9 Å². The van der Waals surface area contributed by atoms with Crippen LogP contribution in [-0.4, -0.2) is 77.7 Å². The van der Waals surface area contributed by atoms with Crippen LogP contribution in [0.15, 0.2) is 48.7 Å². The molecular formula is C23H24F3N5O4. The summed E-state index contributed by atoms with van der Waals surface area (Å²) < 4.78 is 47.2. The third-order valence-electron chi connectivity index (χ3n) is 5.60. The van der Waals surface area contributed by atoms with Crippen molar-refractivity contribution in [1.29, 1.82) is 0 Å². The van der Waals surface area contributed by atoms with E-state index in [0.29, 0.717) is 31.0 Å². The summed E-state index contributed by atoms with van der Waals surface area (Å²) in [4.78, 5) is 28.3. The molecular weight excluding hydrogens is 467 g/mol. The smallest absolute Gasteiger partial charge is 0.465 e. The Morgan fingerprint density at radius 1 is 1.03 bits per heavy atom. The topological polar surface area (TPSA) is 88.9 Å². The number of hydrogen-bond donors (Lipinski definition) is 1. The van der Waals surface area contributed by atoms with Crippen LogP contribution in [0.1, 0.15) is 10.4 Å². The number of halogens is 3. The monoisotopic (exact) mass is 491 g/mol. The fourth-order valence-corrected chi connectivity index (χ4v) is 3.87. The summed E-state index contributed by atoms with van der Waals surface area (Å²) in [5.41, 5.74) is 1.77. The number of esters is 1. The molecule has 186 valence electrons. The number of nitrogens with one attached hydrogen (secondary N) is 1. The molecule has 9 nitrogen and oxygen atoms in total. The maximum absolute atomic E-state index is 12.4. The Balaban J connectivity index is 1.24. The fourth-order valence-electron chi connectivity index (χ4n) is 3.87. The van der Waals surface area contributed by atoms with Gasteiger partial charge in [0.1, 0.15) is 5.75 Å². The number of methoxy groups -OCH3 is 1. The zero-order valence-electron chi connectivity index (χ0n) is 18.9. The molecule has 1 aromatic heterocycles. The highest BCUT2D eigenvalue weighted by Gasteiger charge is 2.31. The summed E-state index contributed by atoms with van der Waals surface area (Å²) in [6.07, 6.45) is -3.05. The summed E-state index contributed by atoms with van der Waals surface area (Å²) in [5.74, 6) is -0.991. The Morgan fingerprint density at radius 3 is 2.37 bits per heavy atom. The number of hydrogen-bond acceptors (Lipinski definition) is 7. The Hall–Kier alpha value is -3.64. The van der Waals surface area contributed by atoms with Gasteiger partial charge in [-0.2, -0.15) is 5.10 Å². The van der Waals surface area contributed by atoms with E-state index in [4.69, 9.17) is 4.74 Å². The van der Waals surface area contributed by atoms with Crippen molar-refractivity contribution in [2.75, 3.05) is 45.2 Å². The van der Waals surface area contributed by atoms with Crippen LogP contribution < -0.4 is 10.1 Å². The van der Waals surface area contributed by atoms with Gasteiger partial charge < -0.3 is 14.8 Å². The molecule has 1 aliphatic heterocycles. The standard InChI is InChI=1S/C23H24F3N5O4/c1-34-22(33)16-2-7-20-17(12-16)13-27-31(20)15-30-10-8-29(9-11-30)14-21(32)28-18-3-5-19(6-4-18)35-23(24,25)26/h2-7,12-13H,8-11,14-15H2,1H3,(H,28,32). The lowest BCUT2D eigenvalue weighted by Gasteiger charge is -2.34.